The summed E-state index contributed by atoms with van der Waals surface area (Å²) >= 11 is 0. The normalized spacial score (nSPS) is 13.9. The molecule has 0 aliphatic heterocycles. The summed E-state index contributed by atoms with van der Waals surface area (Å²) in [5.74, 6) is -0.190. The van der Waals surface area contributed by atoms with Crippen LogP contribution in [0.15, 0.2) is 67.3 Å². The lowest BCUT2D eigenvalue weighted by Crippen LogP contribution is -2.24. The number of carbonyl (C=O) groups is 1. The molecule has 0 radical (unpaired) electrons. The van der Waals surface area contributed by atoms with E-state index >= 15 is 0 Å². The molecule has 11 heteroatoms. The van der Waals surface area contributed by atoms with Crippen molar-refractivity contribution in [2.45, 2.75) is 32.1 Å². The largest absolute Gasteiger partial charge is 0.384 e. The number of fused-ring (bicyclic) bond motifs is 2. The summed E-state index contributed by atoms with van der Waals surface area (Å²) in [6, 6.07) is 12.9. The molecule has 0 saturated heterocycles. The summed E-state index contributed by atoms with van der Waals surface area (Å²) in [5.41, 5.74) is 7.48. The van der Waals surface area contributed by atoms with E-state index < -0.39 is 0 Å². The average molecular weight is 618 g/mol. The topological polar surface area (TPSA) is 128 Å². The zero-order chi connectivity index (χ0) is 31.6. The number of halogens is 1. The van der Waals surface area contributed by atoms with Crippen molar-refractivity contribution >= 4 is 39.3 Å². The van der Waals surface area contributed by atoms with E-state index in [1.807, 2.05) is 44.4 Å². The fourth-order valence-corrected chi connectivity index (χ4v) is 6.22. The molecule has 46 heavy (non-hydrogen) atoms. The van der Waals surface area contributed by atoms with Gasteiger partial charge in [-0.05, 0) is 80.5 Å². The van der Waals surface area contributed by atoms with Crippen molar-refractivity contribution in [2.24, 2.45) is 5.92 Å². The van der Waals surface area contributed by atoms with Crippen molar-refractivity contribution in [2.75, 3.05) is 37.8 Å². The molecule has 7 rings (SSSR count). The van der Waals surface area contributed by atoms with E-state index in [-0.39, 0.29) is 17.6 Å². The van der Waals surface area contributed by atoms with Crippen LogP contribution in [0.3, 0.4) is 0 Å². The molecule has 0 unspecified atom stereocenters. The van der Waals surface area contributed by atoms with Gasteiger partial charge >= 0.3 is 0 Å². The van der Waals surface area contributed by atoms with Crippen LogP contribution < -0.4 is 10.6 Å². The van der Waals surface area contributed by atoms with Crippen molar-refractivity contribution in [1.29, 1.82) is 0 Å². The molecular formula is C35H36FN9O. The fourth-order valence-electron chi connectivity index (χ4n) is 6.22. The maximum atomic E-state index is 14.7. The number of H-pyrrole nitrogens is 2. The first-order valence-electron chi connectivity index (χ1n) is 15.7. The molecule has 4 N–H and O–H groups in total. The first-order chi connectivity index (χ1) is 22.4. The van der Waals surface area contributed by atoms with Crippen LogP contribution in [0.25, 0.3) is 55.7 Å². The molecule has 10 nitrogen and oxygen atoms in total. The summed E-state index contributed by atoms with van der Waals surface area (Å²) in [7, 11) is 4.01. The van der Waals surface area contributed by atoms with Gasteiger partial charge in [-0.25, -0.2) is 14.4 Å². The van der Waals surface area contributed by atoms with Crippen LogP contribution in [0.1, 0.15) is 32.1 Å². The van der Waals surface area contributed by atoms with Gasteiger partial charge in [0, 0.05) is 65.2 Å². The highest BCUT2D eigenvalue weighted by Gasteiger charge is 2.21. The van der Waals surface area contributed by atoms with Crippen LogP contribution in [0, 0.1) is 11.7 Å². The van der Waals surface area contributed by atoms with E-state index in [1.165, 1.54) is 12.5 Å². The third-order valence-corrected chi connectivity index (χ3v) is 8.62. The Labute approximate surface area is 265 Å². The Morgan fingerprint density at radius 1 is 0.935 bits per heavy atom. The maximum absolute atomic E-state index is 14.7. The molecule has 0 spiro atoms. The zero-order valence-corrected chi connectivity index (χ0v) is 25.9. The highest BCUT2D eigenvalue weighted by molar-refractivity contribution is 6.00. The number of nitrogens with zero attached hydrogens (tertiary/aromatic N) is 5. The number of rotatable bonds is 9. The number of hydrogen-bond donors (Lipinski definition) is 4. The second kappa shape index (κ2) is 12.7. The monoisotopic (exact) mass is 617 g/mol. The second-order valence-electron chi connectivity index (χ2n) is 12.2. The van der Waals surface area contributed by atoms with E-state index in [0.717, 1.165) is 82.3 Å². The number of aromatic nitrogens is 6. The molecule has 5 heterocycles. The molecule has 1 aromatic carbocycles. The fraction of sp³-hybridized carbons (Fsp3) is 0.286. The third kappa shape index (κ3) is 6.18. The molecular weight excluding hydrogens is 581 g/mol. The third-order valence-electron chi connectivity index (χ3n) is 8.62. The Kier molecular flexibility index (Phi) is 8.15. The molecule has 1 amide bonds. The highest BCUT2D eigenvalue weighted by atomic mass is 19.1. The molecule has 1 aliphatic carbocycles. The molecule has 0 bridgehead atoms. The van der Waals surface area contributed by atoms with Crippen LogP contribution in [0.5, 0.6) is 0 Å². The van der Waals surface area contributed by atoms with Crippen LogP contribution >= 0.6 is 0 Å². The number of amides is 1. The van der Waals surface area contributed by atoms with Crippen LogP contribution in [-0.2, 0) is 4.79 Å². The standard InChI is InChI=1S/C35H36FN9O/c1-45(2)11-10-38-26-13-22(12-25(36)16-26)28-8-9-39-33-29(28)17-31(42-33)32-30-15-24(19-40-34(30)44-43-32)23-14-27(20-37-18-23)41-35(46)21-6-4-3-5-7-21/h8-9,12-21,38H,3-7,10-11H2,1-2H3,(H,39,42)(H,41,46)(H,40,43,44). The predicted octanol–water partition coefficient (Wildman–Crippen LogP) is 6.86. The van der Waals surface area contributed by atoms with E-state index in [1.54, 1.807) is 30.9 Å². The summed E-state index contributed by atoms with van der Waals surface area (Å²) < 4.78 is 14.7. The Hall–Kier alpha value is -5.16. The van der Waals surface area contributed by atoms with Crippen molar-refractivity contribution in [1.82, 2.24) is 35.0 Å². The van der Waals surface area contributed by atoms with Crippen molar-refractivity contribution < 1.29 is 9.18 Å². The number of aromatic amines is 2. The number of hydrogen-bond acceptors (Lipinski definition) is 7. The van der Waals surface area contributed by atoms with Gasteiger partial charge in [-0.15, -0.1) is 0 Å². The Balaban J connectivity index is 1.19. The molecule has 6 aromatic rings. The van der Waals surface area contributed by atoms with Crippen LogP contribution in [0.2, 0.25) is 0 Å². The lowest BCUT2D eigenvalue weighted by Gasteiger charge is -2.20. The smallest absolute Gasteiger partial charge is 0.227 e. The predicted molar refractivity (Wildman–Crippen MR) is 180 cm³/mol. The van der Waals surface area contributed by atoms with Gasteiger partial charge in [0.15, 0.2) is 5.65 Å². The van der Waals surface area contributed by atoms with Crippen molar-refractivity contribution in [3.63, 3.8) is 0 Å². The Morgan fingerprint density at radius 3 is 2.61 bits per heavy atom. The SMILES string of the molecule is CN(C)CCNc1cc(F)cc(-c2ccnc3[nH]c(-c4[nH]nc5ncc(-c6cncc(NC(=O)C7CCCCC7)c6)cc45)cc23)c1. The number of benzene rings is 1. The summed E-state index contributed by atoms with van der Waals surface area (Å²) in [6.45, 7) is 1.54. The lowest BCUT2D eigenvalue weighted by atomic mass is 9.88. The number of anilines is 2. The van der Waals surface area contributed by atoms with E-state index in [4.69, 9.17) is 0 Å². The minimum Gasteiger partial charge on any atom is -0.384 e. The van der Waals surface area contributed by atoms with Crippen LogP contribution in [0.4, 0.5) is 15.8 Å². The van der Waals surface area contributed by atoms with Gasteiger partial charge in [-0.3, -0.25) is 14.9 Å². The van der Waals surface area contributed by atoms with Crippen molar-refractivity contribution in [3.05, 3.63) is 73.1 Å². The zero-order valence-electron chi connectivity index (χ0n) is 25.9. The Morgan fingerprint density at radius 2 is 1.76 bits per heavy atom. The van der Waals surface area contributed by atoms with Gasteiger partial charge in [0.1, 0.15) is 11.5 Å². The average Bonchev–Trinajstić information content (AvgIpc) is 3.69. The molecule has 0 atom stereocenters. The van der Waals surface area contributed by atoms with Crippen LogP contribution in [-0.4, -0.2) is 68.1 Å². The van der Waals surface area contributed by atoms with Gasteiger partial charge < -0.3 is 20.5 Å². The molecule has 1 fully saturated rings. The summed E-state index contributed by atoms with van der Waals surface area (Å²) in [5, 5.41) is 15.6. The maximum Gasteiger partial charge on any atom is 0.227 e. The number of nitrogens with one attached hydrogen (secondary N) is 4. The number of likely N-dealkylation sites (N-methyl/N-ethyl adjacent to an activating group) is 1. The van der Waals surface area contributed by atoms with Gasteiger partial charge in [0.2, 0.25) is 5.91 Å². The first kappa shape index (κ1) is 29.5. The Bertz CT molecular complexity index is 2030. The van der Waals surface area contributed by atoms with Gasteiger partial charge in [0.05, 0.1) is 23.3 Å². The second-order valence-corrected chi connectivity index (χ2v) is 12.2. The number of carbonyl (C=O) groups excluding carboxylic acids is 1. The summed E-state index contributed by atoms with van der Waals surface area (Å²) in [4.78, 5) is 31.9. The summed E-state index contributed by atoms with van der Waals surface area (Å²) in [6.07, 6.45) is 12.2. The van der Waals surface area contributed by atoms with Gasteiger partial charge in [-0.2, -0.15) is 5.10 Å². The van der Waals surface area contributed by atoms with E-state index in [0.29, 0.717) is 23.5 Å². The minimum atomic E-state index is -0.309. The van der Waals surface area contributed by atoms with E-state index in [9.17, 15) is 9.18 Å². The number of pyridine rings is 3. The molecule has 1 aliphatic rings. The molecule has 234 valence electrons. The lowest BCUT2D eigenvalue weighted by molar-refractivity contribution is -0.120. The first-order valence-corrected chi connectivity index (χ1v) is 15.7. The van der Waals surface area contributed by atoms with E-state index in [2.05, 4.69) is 45.7 Å². The quantitative estimate of drug-likeness (QED) is 0.140. The van der Waals surface area contributed by atoms with Crippen molar-refractivity contribution in [3.8, 4) is 33.6 Å². The molecule has 5 aromatic heterocycles. The minimum absolute atomic E-state index is 0.0583. The molecule has 1 saturated carbocycles. The van der Waals surface area contributed by atoms with Gasteiger partial charge in [0.25, 0.3) is 0 Å². The van der Waals surface area contributed by atoms with Gasteiger partial charge in [-0.1, -0.05) is 19.3 Å². The highest BCUT2D eigenvalue weighted by Crippen LogP contribution is 2.35.